The number of hydrogen-bond acceptors (Lipinski definition) is 12. The second-order valence-corrected chi connectivity index (χ2v) is 21.2. The summed E-state index contributed by atoms with van der Waals surface area (Å²) in [5.41, 5.74) is 8.62. The Morgan fingerprint density at radius 3 is 2.48 bits per heavy atom. The highest BCUT2D eigenvalue weighted by Gasteiger charge is 2.34. The number of carboxylic acids is 1. The molecule has 7 aromatic rings. The van der Waals surface area contributed by atoms with Gasteiger partial charge in [0.05, 0.1) is 34.0 Å². The molecule has 2 atom stereocenters. The van der Waals surface area contributed by atoms with E-state index in [0.717, 1.165) is 95.8 Å². The van der Waals surface area contributed by atoms with E-state index < -0.39 is 11.9 Å². The van der Waals surface area contributed by atoms with Crippen molar-refractivity contribution in [2.75, 3.05) is 62.6 Å². The number of aryl methyl sites for hydroxylation is 2. The van der Waals surface area contributed by atoms with Gasteiger partial charge in [0.2, 0.25) is 11.8 Å². The van der Waals surface area contributed by atoms with E-state index in [0.29, 0.717) is 85.7 Å². The van der Waals surface area contributed by atoms with Crippen molar-refractivity contribution in [3.05, 3.63) is 142 Å². The summed E-state index contributed by atoms with van der Waals surface area (Å²) in [5.74, 6) is 0.305. The molecule has 3 N–H and O–H groups in total. The first kappa shape index (κ1) is 48.3. The lowest BCUT2D eigenvalue weighted by atomic mass is 9.90. The third-order valence-corrected chi connectivity index (χ3v) is 16.4. The maximum Gasteiger partial charge on any atom is 0.354 e. The Bertz CT molecular complexity index is 3170. The van der Waals surface area contributed by atoms with Crippen LogP contribution in [-0.2, 0) is 42.4 Å². The Hall–Kier alpha value is -7.01. The summed E-state index contributed by atoms with van der Waals surface area (Å²) in [7, 11) is 1.97. The van der Waals surface area contributed by atoms with Crippen LogP contribution in [0, 0.1) is 5.92 Å². The molecule has 0 aliphatic carbocycles. The Balaban J connectivity index is 0.612. The van der Waals surface area contributed by atoms with Crippen molar-refractivity contribution < 1.29 is 29.0 Å². The average molecular weight is 1000 g/mol. The van der Waals surface area contributed by atoms with E-state index in [1.807, 2.05) is 83.4 Å². The molecule has 4 aromatic carbocycles. The van der Waals surface area contributed by atoms with Crippen LogP contribution in [0.15, 0.2) is 97.1 Å². The van der Waals surface area contributed by atoms with Gasteiger partial charge >= 0.3 is 5.97 Å². The number of imide groups is 1. The number of nitrogens with zero attached hydrogens (tertiary/aromatic N) is 7. The van der Waals surface area contributed by atoms with Gasteiger partial charge in [-0.25, -0.2) is 14.8 Å². The number of fused-ring (bicyclic) bond motifs is 3. The minimum absolute atomic E-state index is 0.0432. The van der Waals surface area contributed by atoms with Crippen LogP contribution >= 0.6 is 11.3 Å². The smallest absolute Gasteiger partial charge is 0.354 e. The van der Waals surface area contributed by atoms with Crippen molar-refractivity contribution in [3.8, 4) is 5.75 Å². The third kappa shape index (κ3) is 10.6. The molecule has 0 bridgehead atoms. The first-order chi connectivity index (χ1) is 35.6. The molecule has 4 aliphatic heterocycles. The van der Waals surface area contributed by atoms with Gasteiger partial charge in [0, 0.05) is 57.1 Å². The van der Waals surface area contributed by atoms with Gasteiger partial charge in [-0.3, -0.25) is 29.7 Å². The number of piperidine rings is 2. The topological polar surface area (TPSA) is 175 Å². The van der Waals surface area contributed by atoms with Crippen LogP contribution in [0.5, 0.6) is 5.75 Å². The monoisotopic (exact) mass is 999 g/mol. The number of thiazole rings is 1. The van der Waals surface area contributed by atoms with Gasteiger partial charge < -0.3 is 24.5 Å². The number of aromatic carboxylic acids is 1. The van der Waals surface area contributed by atoms with Crippen LogP contribution in [0.3, 0.4) is 0 Å². The first-order valence-corrected chi connectivity index (χ1v) is 26.6. The number of ether oxygens (including phenoxy) is 1. The number of rotatable bonds is 16. The fraction of sp³-hybridized carbons (Fsp3) is 0.386. The summed E-state index contributed by atoms with van der Waals surface area (Å²) in [6, 6.07) is 32.2. The highest BCUT2D eigenvalue weighted by Crippen LogP contribution is 2.37. The van der Waals surface area contributed by atoms with E-state index >= 15 is 0 Å². The number of carboxylic acid groups (broad SMARTS) is 1. The first-order valence-electron chi connectivity index (χ1n) is 25.8. The number of pyridine rings is 1. The molecule has 3 amide bonds. The van der Waals surface area contributed by atoms with E-state index in [1.165, 1.54) is 35.3 Å². The second-order valence-electron chi connectivity index (χ2n) is 20.2. The molecule has 15 nitrogen and oxygen atoms in total. The molecular formula is C57H61N9O6S. The fourth-order valence-electron chi connectivity index (χ4n) is 11.6. The molecule has 2 unspecified atom stereocenters. The summed E-state index contributed by atoms with van der Waals surface area (Å²) in [4.78, 5) is 67.1. The largest absolute Gasteiger partial charge is 0.494 e. The zero-order chi connectivity index (χ0) is 50.0. The predicted molar refractivity (Wildman–Crippen MR) is 283 cm³/mol. The van der Waals surface area contributed by atoms with E-state index in [1.54, 1.807) is 0 Å². The van der Waals surface area contributed by atoms with Gasteiger partial charge in [0.15, 0.2) is 10.8 Å². The number of benzene rings is 4. The summed E-state index contributed by atoms with van der Waals surface area (Å²) in [6.07, 6.45) is 7.22. The van der Waals surface area contributed by atoms with E-state index in [4.69, 9.17) is 9.84 Å². The second kappa shape index (κ2) is 21.2. The van der Waals surface area contributed by atoms with Crippen LogP contribution in [0.25, 0.3) is 21.1 Å². The van der Waals surface area contributed by atoms with Crippen molar-refractivity contribution in [2.45, 2.75) is 76.2 Å². The summed E-state index contributed by atoms with van der Waals surface area (Å²) in [5, 5.41) is 22.1. The number of carbonyl (C=O) groups excluding carboxylic acids is 3. The number of hydrogen-bond donors (Lipinski definition) is 3. The van der Waals surface area contributed by atoms with Crippen LogP contribution in [0.4, 0.5) is 10.9 Å². The zero-order valence-electron chi connectivity index (χ0n) is 41.2. The van der Waals surface area contributed by atoms with Crippen molar-refractivity contribution in [2.24, 2.45) is 13.0 Å². The summed E-state index contributed by atoms with van der Waals surface area (Å²) < 4.78 is 9.07. The molecule has 3 aromatic heterocycles. The van der Waals surface area contributed by atoms with Gasteiger partial charge in [-0.05, 0) is 147 Å². The Labute approximate surface area is 428 Å². The molecule has 376 valence electrons. The Morgan fingerprint density at radius 2 is 1.66 bits per heavy atom. The normalized spacial score (nSPS) is 18.8. The maximum absolute atomic E-state index is 13.6. The molecule has 3 fully saturated rings. The van der Waals surface area contributed by atoms with Gasteiger partial charge in [0.1, 0.15) is 11.6 Å². The van der Waals surface area contributed by atoms with Crippen molar-refractivity contribution >= 4 is 67.1 Å². The Morgan fingerprint density at radius 1 is 0.849 bits per heavy atom. The van der Waals surface area contributed by atoms with E-state index in [-0.39, 0.29) is 23.4 Å². The van der Waals surface area contributed by atoms with Crippen molar-refractivity contribution in [3.63, 3.8) is 0 Å². The maximum atomic E-state index is 13.6. The van der Waals surface area contributed by atoms with E-state index in [9.17, 15) is 24.3 Å². The molecule has 16 heteroatoms. The average Bonchev–Trinajstić information content (AvgIpc) is 4.14. The highest BCUT2D eigenvalue weighted by atomic mass is 32.1. The molecule has 7 heterocycles. The molecule has 0 saturated carbocycles. The molecule has 73 heavy (non-hydrogen) atoms. The van der Waals surface area contributed by atoms with Crippen LogP contribution < -0.4 is 20.3 Å². The lowest BCUT2D eigenvalue weighted by molar-refractivity contribution is -0.134. The predicted octanol–water partition coefficient (Wildman–Crippen LogP) is 8.37. The summed E-state index contributed by atoms with van der Waals surface area (Å²) >= 11 is 1.44. The quantitative estimate of drug-likeness (QED) is 0.0624. The lowest BCUT2D eigenvalue weighted by Gasteiger charge is -2.33. The number of carbonyl (C=O) groups is 4. The number of aromatic nitrogens is 4. The van der Waals surface area contributed by atoms with Gasteiger partial charge in [-0.15, -0.1) is 0 Å². The molecule has 0 spiro atoms. The standard InChI is InChI=1S/C57H61N9O6S/c1-63-53-42(9-5-11-44(53)52(62-63)45-19-21-50(67)60-55(45)69)40-24-28-65(34-40)31-30-64-26-22-37(23-27-64)33-36-14-17-41(18-15-36)72-32-6-8-39-16-20-49(59-51(39)56(70)71)66-29-25-38-7-4-10-43(46(38)35-66)54(68)61-57-58-47-12-2-3-13-48(47)73-57/h2-5,7,9-18,20,37,40,45H,6,8,19,21-35H2,1H3,(H,70,71)(H,58,61,68)(H,60,67,69). The summed E-state index contributed by atoms with van der Waals surface area (Å²) in [6.45, 7) is 7.99. The van der Waals surface area contributed by atoms with Gasteiger partial charge in [0.25, 0.3) is 5.91 Å². The SMILES string of the molecule is Cn1nc(C2CCC(=O)NC2=O)c2cccc(C3CCN(CCN4CCC(Cc5ccc(OCCCc6ccc(N7CCc8cccc(C(=O)Nc9nc%10ccccc%10s9)c8C7)nc6C(=O)O)cc5)CC4)C3)c21. The van der Waals surface area contributed by atoms with Gasteiger partial charge in [-0.1, -0.05) is 72.0 Å². The number of anilines is 2. The Kier molecular flexibility index (Phi) is 14.0. The number of likely N-dealkylation sites (tertiary alicyclic amines) is 2. The molecule has 11 rings (SSSR count). The van der Waals surface area contributed by atoms with Gasteiger partial charge in [-0.2, -0.15) is 5.10 Å². The number of amides is 3. The minimum Gasteiger partial charge on any atom is -0.494 e. The molecular weight excluding hydrogens is 939 g/mol. The van der Waals surface area contributed by atoms with Crippen molar-refractivity contribution in [1.29, 1.82) is 0 Å². The van der Waals surface area contributed by atoms with Crippen molar-refractivity contribution in [1.82, 2.24) is 34.9 Å². The molecule has 4 aliphatic rings. The minimum atomic E-state index is -1.06. The van der Waals surface area contributed by atoms with Crippen LogP contribution in [0.2, 0.25) is 0 Å². The fourth-order valence-corrected chi connectivity index (χ4v) is 12.4. The van der Waals surface area contributed by atoms with E-state index in [2.05, 4.69) is 60.7 Å². The number of nitrogens with one attached hydrogen (secondary N) is 2. The third-order valence-electron chi connectivity index (χ3n) is 15.5. The molecule has 3 saturated heterocycles. The van der Waals surface area contributed by atoms with Crippen LogP contribution in [-0.4, -0.2) is 111 Å². The zero-order valence-corrected chi connectivity index (χ0v) is 42.0. The number of para-hydroxylation sites is 2. The highest BCUT2D eigenvalue weighted by molar-refractivity contribution is 7.22. The lowest BCUT2D eigenvalue weighted by Crippen LogP contribution is -2.39. The van der Waals surface area contributed by atoms with Crippen LogP contribution in [0.1, 0.15) is 105 Å². The molecule has 0 radical (unpaired) electrons.